The van der Waals surface area contributed by atoms with Crippen LogP contribution in [-0.4, -0.2) is 5.71 Å². The molecule has 0 radical (unpaired) electrons. The quantitative estimate of drug-likeness (QED) is 0.502. The van der Waals surface area contributed by atoms with Gasteiger partial charge in [-0.1, -0.05) is 60.3 Å². The minimum Gasteiger partial charge on any atom is -0.252 e. The summed E-state index contributed by atoms with van der Waals surface area (Å²) in [5.41, 5.74) is 5.82. The lowest BCUT2D eigenvalue weighted by Crippen LogP contribution is -1.98. The number of para-hydroxylation sites is 1. The van der Waals surface area contributed by atoms with Crippen molar-refractivity contribution < 1.29 is 0 Å². The van der Waals surface area contributed by atoms with Crippen molar-refractivity contribution in [3.8, 4) is 6.07 Å². The Balaban J connectivity index is 2.01. The smallest absolute Gasteiger partial charge is 0.0998 e. The molecule has 0 saturated heterocycles. The summed E-state index contributed by atoms with van der Waals surface area (Å²) in [5, 5.41) is 9.33. The van der Waals surface area contributed by atoms with Gasteiger partial charge in [-0.25, -0.2) is 0 Å². The van der Waals surface area contributed by atoms with E-state index in [2.05, 4.69) is 44.2 Å². The van der Waals surface area contributed by atoms with Gasteiger partial charge in [-0.2, -0.15) is 5.26 Å². The van der Waals surface area contributed by atoms with E-state index in [4.69, 9.17) is 4.99 Å². The maximum absolute atomic E-state index is 9.33. The van der Waals surface area contributed by atoms with Gasteiger partial charge in [-0.05, 0) is 50.1 Å². The van der Waals surface area contributed by atoms with Gasteiger partial charge in [-0.3, -0.25) is 4.99 Å². The van der Waals surface area contributed by atoms with Gasteiger partial charge in [0.1, 0.15) is 0 Å². The molecule has 26 heavy (non-hydrogen) atoms. The van der Waals surface area contributed by atoms with Gasteiger partial charge < -0.3 is 0 Å². The molecule has 3 aromatic carbocycles. The number of aryl methyl sites for hydroxylation is 2. The molecule has 0 atom stereocenters. The Bertz CT molecular complexity index is 992. The van der Waals surface area contributed by atoms with Crippen LogP contribution in [-0.2, 0) is 0 Å². The van der Waals surface area contributed by atoms with Gasteiger partial charge in [0, 0.05) is 21.1 Å². The molecule has 0 N–H and O–H groups in total. The van der Waals surface area contributed by atoms with E-state index < -0.39 is 0 Å². The molecule has 0 aromatic heterocycles. The maximum atomic E-state index is 9.33. The van der Waals surface area contributed by atoms with Crippen LogP contribution in [0.2, 0.25) is 0 Å². The van der Waals surface area contributed by atoms with Crippen LogP contribution in [0, 0.1) is 25.2 Å². The van der Waals surface area contributed by atoms with Gasteiger partial charge in [0.2, 0.25) is 0 Å². The predicted molar refractivity (Wildman–Crippen MR) is 110 cm³/mol. The Kier molecular flexibility index (Phi) is 5.55. The Hall–Kier alpha value is -2.83. The second kappa shape index (κ2) is 8.03. The van der Waals surface area contributed by atoms with E-state index in [0.29, 0.717) is 5.56 Å². The molecule has 3 rings (SSSR count). The fraction of sp³-hybridized carbons (Fsp3) is 0.130. The number of rotatable bonds is 4. The molecule has 0 aliphatic heterocycles. The number of nitriles is 1. The summed E-state index contributed by atoms with van der Waals surface area (Å²) in [6.45, 7) is 6.22. The van der Waals surface area contributed by atoms with E-state index in [1.165, 1.54) is 16.0 Å². The molecule has 0 fully saturated rings. The predicted octanol–water partition coefficient (Wildman–Crippen LogP) is 6.47. The third-order valence-electron chi connectivity index (χ3n) is 4.21. The fourth-order valence-corrected chi connectivity index (χ4v) is 3.89. The molecule has 0 spiro atoms. The Morgan fingerprint density at radius 1 is 0.885 bits per heavy atom. The van der Waals surface area contributed by atoms with E-state index in [1.807, 2.05) is 49.4 Å². The van der Waals surface area contributed by atoms with Crippen molar-refractivity contribution in [1.82, 2.24) is 0 Å². The summed E-state index contributed by atoms with van der Waals surface area (Å²) in [5.74, 6) is 0. The van der Waals surface area contributed by atoms with Crippen molar-refractivity contribution in [3.63, 3.8) is 0 Å². The summed E-state index contributed by atoms with van der Waals surface area (Å²) in [6.07, 6.45) is 0. The molecule has 0 heterocycles. The topological polar surface area (TPSA) is 36.1 Å². The highest BCUT2D eigenvalue weighted by Gasteiger charge is 2.10. The fourth-order valence-electron chi connectivity index (χ4n) is 2.84. The highest BCUT2D eigenvalue weighted by molar-refractivity contribution is 7.99. The minimum atomic E-state index is 0.647. The molecule has 128 valence electrons. The number of hydrogen-bond acceptors (Lipinski definition) is 3. The monoisotopic (exact) mass is 356 g/mol. The standard InChI is InChI=1S/C23H20N2S/c1-16-9-8-10-17(2)23(16)26-22-14-7-6-13-21(22)25-18(3)20-12-5-4-11-19(20)15-24/h4-14H,1-3H3/b25-18+. The van der Waals surface area contributed by atoms with Crippen molar-refractivity contribution in [3.05, 3.63) is 89.0 Å². The molecule has 0 unspecified atom stereocenters. The van der Waals surface area contributed by atoms with Crippen molar-refractivity contribution in [2.24, 2.45) is 4.99 Å². The summed E-state index contributed by atoms with van der Waals surface area (Å²) in [7, 11) is 0. The molecule has 3 heteroatoms. The first-order valence-electron chi connectivity index (χ1n) is 8.48. The van der Waals surface area contributed by atoms with Crippen molar-refractivity contribution in [2.45, 2.75) is 30.6 Å². The zero-order chi connectivity index (χ0) is 18.5. The third kappa shape index (κ3) is 3.87. The Morgan fingerprint density at radius 3 is 2.27 bits per heavy atom. The van der Waals surface area contributed by atoms with Crippen LogP contribution < -0.4 is 0 Å². The molecular formula is C23H20N2S. The molecule has 3 aromatic rings. The Labute approximate surface area is 159 Å². The number of nitrogens with zero attached hydrogens (tertiary/aromatic N) is 2. The molecule has 0 bridgehead atoms. The van der Waals surface area contributed by atoms with Crippen LogP contribution in [0.1, 0.15) is 29.2 Å². The lowest BCUT2D eigenvalue weighted by atomic mass is 10.0. The van der Waals surface area contributed by atoms with Crippen LogP contribution in [0.5, 0.6) is 0 Å². The normalized spacial score (nSPS) is 11.2. The maximum Gasteiger partial charge on any atom is 0.0998 e. The average Bonchev–Trinajstić information content (AvgIpc) is 2.66. The van der Waals surface area contributed by atoms with Crippen molar-refractivity contribution in [2.75, 3.05) is 0 Å². The highest BCUT2D eigenvalue weighted by atomic mass is 32.2. The number of aliphatic imine (C=N–C) groups is 1. The minimum absolute atomic E-state index is 0.647. The van der Waals surface area contributed by atoms with Gasteiger partial charge >= 0.3 is 0 Å². The molecule has 0 amide bonds. The molecule has 0 saturated carbocycles. The zero-order valence-electron chi connectivity index (χ0n) is 15.2. The van der Waals surface area contributed by atoms with E-state index in [9.17, 15) is 5.26 Å². The summed E-state index contributed by atoms with van der Waals surface area (Å²) in [6, 6.07) is 24.3. The summed E-state index contributed by atoms with van der Waals surface area (Å²) in [4.78, 5) is 7.22. The van der Waals surface area contributed by atoms with Crippen LogP contribution >= 0.6 is 11.8 Å². The lowest BCUT2D eigenvalue weighted by Gasteiger charge is -2.11. The third-order valence-corrected chi connectivity index (χ3v) is 5.62. The number of benzene rings is 3. The van der Waals surface area contributed by atoms with E-state index in [1.54, 1.807) is 11.8 Å². The van der Waals surface area contributed by atoms with E-state index >= 15 is 0 Å². The van der Waals surface area contributed by atoms with Gasteiger partial charge in [0.25, 0.3) is 0 Å². The molecule has 0 aliphatic rings. The van der Waals surface area contributed by atoms with Crippen LogP contribution in [0.3, 0.4) is 0 Å². The second-order valence-corrected chi connectivity index (χ2v) is 7.20. The molecular weight excluding hydrogens is 336 g/mol. The number of hydrogen-bond donors (Lipinski definition) is 0. The van der Waals surface area contributed by atoms with Crippen molar-refractivity contribution >= 4 is 23.2 Å². The van der Waals surface area contributed by atoms with E-state index in [-0.39, 0.29) is 0 Å². The first-order chi connectivity index (χ1) is 12.6. The molecule has 2 nitrogen and oxygen atoms in total. The largest absolute Gasteiger partial charge is 0.252 e. The average molecular weight is 356 g/mol. The highest BCUT2D eigenvalue weighted by Crippen LogP contribution is 2.38. The van der Waals surface area contributed by atoms with Gasteiger partial charge in [-0.15, -0.1) is 0 Å². The SMILES string of the molecule is C/C(=N\c1ccccc1Sc1c(C)cccc1C)c1ccccc1C#N. The van der Waals surface area contributed by atoms with Gasteiger partial charge in [0.15, 0.2) is 0 Å². The van der Waals surface area contributed by atoms with Crippen LogP contribution in [0.15, 0.2) is 81.5 Å². The summed E-state index contributed by atoms with van der Waals surface area (Å²) < 4.78 is 0. The van der Waals surface area contributed by atoms with E-state index in [0.717, 1.165) is 21.9 Å². The Morgan fingerprint density at radius 2 is 1.54 bits per heavy atom. The van der Waals surface area contributed by atoms with Crippen LogP contribution in [0.4, 0.5) is 5.69 Å². The molecule has 0 aliphatic carbocycles. The lowest BCUT2D eigenvalue weighted by molar-refractivity contribution is 1.21. The van der Waals surface area contributed by atoms with Gasteiger partial charge in [0.05, 0.1) is 17.3 Å². The van der Waals surface area contributed by atoms with Crippen molar-refractivity contribution in [1.29, 1.82) is 5.26 Å². The van der Waals surface area contributed by atoms with Crippen LogP contribution in [0.25, 0.3) is 0 Å². The summed E-state index contributed by atoms with van der Waals surface area (Å²) >= 11 is 1.74. The second-order valence-electron chi connectivity index (χ2n) is 6.15. The first kappa shape index (κ1) is 18.0. The zero-order valence-corrected chi connectivity index (χ0v) is 16.0. The first-order valence-corrected chi connectivity index (χ1v) is 9.29.